The summed E-state index contributed by atoms with van der Waals surface area (Å²) in [6, 6.07) is 8.74. The molecule has 1 aromatic carbocycles. The van der Waals surface area contributed by atoms with Crippen LogP contribution in [0.25, 0.3) is 0 Å². The number of ether oxygens (including phenoxy) is 1. The fourth-order valence-electron chi connectivity index (χ4n) is 1.39. The van der Waals surface area contributed by atoms with E-state index < -0.39 is 23.8 Å². The number of esters is 1. The molecule has 0 unspecified atom stereocenters. The number of hydrogen-bond acceptors (Lipinski definition) is 4. The highest BCUT2D eigenvalue weighted by Gasteiger charge is 2.27. The van der Waals surface area contributed by atoms with Gasteiger partial charge in [0, 0.05) is 20.3 Å². The van der Waals surface area contributed by atoms with Gasteiger partial charge < -0.3 is 9.64 Å². The molecule has 1 aromatic rings. The number of rotatable bonds is 6. The molecule has 0 aliphatic heterocycles. The van der Waals surface area contributed by atoms with E-state index >= 15 is 0 Å². The zero-order chi connectivity index (χ0) is 15.1. The molecule has 4 nitrogen and oxygen atoms in total. The molecule has 0 fully saturated rings. The van der Waals surface area contributed by atoms with Crippen LogP contribution < -0.4 is 0 Å². The van der Waals surface area contributed by atoms with Crippen molar-refractivity contribution in [2.75, 3.05) is 14.1 Å². The number of nitrogens with zero attached hydrogens (tertiary/aromatic N) is 1. The summed E-state index contributed by atoms with van der Waals surface area (Å²) in [4.78, 5) is 24.3. The van der Waals surface area contributed by atoms with Crippen LogP contribution in [0.5, 0.6) is 0 Å². The quantitative estimate of drug-likeness (QED) is 0.347. The molecule has 0 radical (unpaired) electrons. The van der Waals surface area contributed by atoms with E-state index in [-0.39, 0.29) is 6.61 Å². The van der Waals surface area contributed by atoms with E-state index in [2.05, 4.69) is 0 Å². The Morgan fingerprint density at radius 2 is 1.85 bits per heavy atom. The monoisotopic (exact) mass is 283 g/mol. The molecule has 0 spiro atoms. The Hall–Kier alpha value is -2.24. The third-order valence-electron chi connectivity index (χ3n) is 2.28. The molecule has 0 aliphatic carbocycles. The molecule has 0 aromatic heterocycles. The average molecular weight is 283 g/mol. The summed E-state index contributed by atoms with van der Waals surface area (Å²) in [6.45, 7) is -0.0824. The van der Waals surface area contributed by atoms with Crippen LogP contribution in [0.3, 0.4) is 0 Å². The topological polar surface area (TPSA) is 46.6 Å². The van der Waals surface area contributed by atoms with Crippen LogP contribution in [0.4, 0.5) is 8.78 Å². The molecule has 0 saturated heterocycles. The Labute approximate surface area is 115 Å². The van der Waals surface area contributed by atoms with Crippen LogP contribution in [0.2, 0.25) is 0 Å². The highest BCUT2D eigenvalue weighted by molar-refractivity contribution is 6.18. The first-order chi connectivity index (χ1) is 9.41. The fourth-order valence-corrected chi connectivity index (χ4v) is 1.39. The van der Waals surface area contributed by atoms with Gasteiger partial charge in [-0.15, -0.1) is 0 Å². The van der Waals surface area contributed by atoms with Gasteiger partial charge in [-0.05, 0) is 5.56 Å². The Kier molecular flexibility index (Phi) is 5.83. The van der Waals surface area contributed by atoms with Gasteiger partial charge >= 0.3 is 12.4 Å². The highest BCUT2D eigenvalue weighted by Crippen LogP contribution is 2.10. The number of ketones is 1. The van der Waals surface area contributed by atoms with E-state index in [1.54, 1.807) is 30.3 Å². The van der Waals surface area contributed by atoms with E-state index in [1.807, 2.05) is 0 Å². The summed E-state index contributed by atoms with van der Waals surface area (Å²) in [5, 5.41) is 0. The molecule has 1 rings (SSSR count). The predicted octanol–water partition coefficient (Wildman–Crippen LogP) is 2.01. The minimum atomic E-state index is -3.24. The maximum absolute atomic E-state index is 12.4. The number of halogens is 2. The SMILES string of the molecule is CN(C)/C=C(/C(=O)OCc1ccccc1)C(=O)C(F)F. The van der Waals surface area contributed by atoms with Crippen molar-refractivity contribution in [3.63, 3.8) is 0 Å². The van der Waals surface area contributed by atoms with Crippen LogP contribution in [-0.4, -0.2) is 37.2 Å². The van der Waals surface area contributed by atoms with E-state index in [1.165, 1.54) is 19.0 Å². The molecule has 0 N–H and O–H groups in total. The molecular formula is C14H15F2NO3. The van der Waals surface area contributed by atoms with Gasteiger partial charge in [-0.25, -0.2) is 13.6 Å². The minimum Gasteiger partial charge on any atom is -0.457 e. The van der Waals surface area contributed by atoms with Gasteiger partial charge in [0.1, 0.15) is 12.2 Å². The van der Waals surface area contributed by atoms with Crippen LogP contribution in [-0.2, 0) is 20.9 Å². The maximum Gasteiger partial charge on any atom is 0.343 e. The van der Waals surface area contributed by atoms with Crippen LogP contribution in [0, 0.1) is 0 Å². The fraction of sp³-hybridized carbons (Fsp3) is 0.286. The number of benzene rings is 1. The second kappa shape index (κ2) is 7.37. The summed E-state index contributed by atoms with van der Waals surface area (Å²) in [7, 11) is 3.03. The number of hydrogen-bond donors (Lipinski definition) is 0. The van der Waals surface area contributed by atoms with Crippen molar-refractivity contribution in [3.8, 4) is 0 Å². The molecule has 0 saturated carbocycles. The van der Waals surface area contributed by atoms with E-state index in [0.717, 1.165) is 6.20 Å². The molecule has 6 heteroatoms. The smallest absolute Gasteiger partial charge is 0.343 e. The standard InChI is InChI=1S/C14H15F2NO3/c1-17(2)8-11(12(18)13(15)16)14(19)20-9-10-6-4-3-5-7-10/h3-8,13H,9H2,1-2H3/b11-8+. The van der Waals surface area contributed by atoms with Gasteiger partial charge in [-0.1, -0.05) is 30.3 Å². The molecule has 20 heavy (non-hydrogen) atoms. The lowest BCUT2D eigenvalue weighted by molar-refractivity contribution is -0.143. The van der Waals surface area contributed by atoms with Crippen molar-refractivity contribution in [2.24, 2.45) is 0 Å². The summed E-state index contributed by atoms with van der Waals surface area (Å²) in [5.74, 6) is -2.61. The van der Waals surface area contributed by atoms with Crippen molar-refractivity contribution in [3.05, 3.63) is 47.7 Å². The van der Waals surface area contributed by atoms with Crippen molar-refractivity contribution in [1.82, 2.24) is 4.90 Å². The molecule has 0 atom stereocenters. The van der Waals surface area contributed by atoms with E-state index in [9.17, 15) is 18.4 Å². The van der Waals surface area contributed by atoms with Crippen LogP contribution in [0.15, 0.2) is 42.1 Å². The largest absolute Gasteiger partial charge is 0.457 e. The third kappa shape index (κ3) is 4.79. The van der Waals surface area contributed by atoms with Gasteiger partial charge in [0.15, 0.2) is 0 Å². The average Bonchev–Trinajstić information content (AvgIpc) is 2.42. The summed E-state index contributed by atoms with van der Waals surface area (Å²) >= 11 is 0. The summed E-state index contributed by atoms with van der Waals surface area (Å²) in [6.07, 6.45) is -2.22. The van der Waals surface area contributed by atoms with E-state index in [4.69, 9.17) is 4.74 Å². The van der Waals surface area contributed by atoms with Gasteiger partial charge in [-0.2, -0.15) is 0 Å². The third-order valence-corrected chi connectivity index (χ3v) is 2.28. The van der Waals surface area contributed by atoms with Gasteiger partial charge in [-0.3, -0.25) is 4.79 Å². The first kappa shape index (κ1) is 15.8. The lowest BCUT2D eigenvalue weighted by Gasteiger charge is -2.11. The highest BCUT2D eigenvalue weighted by atomic mass is 19.3. The maximum atomic E-state index is 12.4. The van der Waals surface area contributed by atoms with Crippen molar-refractivity contribution in [2.45, 2.75) is 13.0 Å². The number of carbonyl (C=O) groups excluding carboxylic acids is 2. The molecular weight excluding hydrogens is 268 g/mol. The van der Waals surface area contributed by atoms with Crippen LogP contribution >= 0.6 is 0 Å². The summed E-state index contributed by atoms with van der Waals surface area (Å²) in [5.41, 5.74) is 0.0375. The van der Waals surface area contributed by atoms with Crippen molar-refractivity contribution < 1.29 is 23.1 Å². The van der Waals surface area contributed by atoms with Gasteiger partial charge in [0.2, 0.25) is 5.78 Å². The second-order valence-corrected chi connectivity index (χ2v) is 4.23. The number of carbonyl (C=O) groups is 2. The van der Waals surface area contributed by atoms with Crippen molar-refractivity contribution in [1.29, 1.82) is 0 Å². The first-order valence-corrected chi connectivity index (χ1v) is 5.83. The molecule has 0 heterocycles. The van der Waals surface area contributed by atoms with Crippen LogP contribution in [0.1, 0.15) is 5.56 Å². The molecule has 108 valence electrons. The lowest BCUT2D eigenvalue weighted by Crippen LogP contribution is -2.23. The molecule has 0 bridgehead atoms. The summed E-state index contributed by atoms with van der Waals surface area (Å²) < 4.78 is 29.7. The zero-order valence-electron chi connectivity index (χ0n) is 11.2. The van der Waals surface area contributed by atoms with Crippen molar-refractivity contribution >= 4 is 11.8 Å². The van der Waals surface area contributed by atoms with E-state index in [0.29, 0.717) is 5.56 Å². The predicted molar refractivity (Wildman–Crippen MR) is 69.0 cm³/mol. The Morgan fingerprint density at radius 3 is 2.35 bits per heavy atom. The first-order valence-electron chi connectivity index (χ1n) is 5.83. The Morgan fingerprint density at radius 1 is 1.25 bits per heavy atom. The Balaban J connectivity index is 2.77. The normalized spacial score (nSPS) is 11.3. The van der Waals surface area contributed by atoms with Gasteiger partial charge in [0.05, 0.1) is 0 Å². The lowest BCUT2D eigenvalue weighted by atomic mass is 10.2. The zero-order valence-corrected chi connectivity index (χ0v) is 11.2. The minimum absolute atomic E-state index is 0.0824. The Bertz CT molecular complexity index is 498. The number of alkyl halides is 2. The second-order valence-electron chi connectivity index (χ2n) is 4.23. The molecule has 0 aliphatic rings. The van der Waals surface area contributed by atoms with Gasteiger partial charge in [0.25, 0.3) is 0 Å². The number of Topliss-reactive ketones (excluding diaryl/α,β-unsaturated/α-hetero) is 1. The molecule has 0 amide bonds.